The molecule has 1 aliphatic rings. The largest absolute Gasteiger partial charge is 0.449 e. The molecule has 0 bridgehead atoms. The van der Waals surface area contributed by atoms with E-state index in [2.05, 4.69) is 4.98 Å². The summed E-state index contributed by atoms with van der Waals surface area (Å²) in [6.07, 6.45) is -0.208. The van der Waals surface area contributed by atoms with Crippen LogP contribution in [0.25, 0.3) is 10.9 Å². The van der Waals surface area contributed by atoms with Gasteiger partial charge < -0.3 is 14.6 Å². The number of para-hydroxylation sites is 2. The number of amides is 1. The van der Waals surface area contributed by atoms with E-state index in [1.807, 2.05) is 31.2 Å². The lowest BCUT2D eigenvalue weighted by Crippen LogP contribution is -2.43. The van der Waals surface area contributed by atoms with Crippen molar-refractivity contribution >= 4 is 28.5 Å². The number of hydrogen-bond acceptors (Lipinski definition) is 4. The standard InChI is InChI=1S/C22H20N2O4/c1-13-11-15-7-3-6-10-19(15)24(13)21(26)14(2)28-22(27)17-12-20(25)23-18-9-5-4-8-16(17)18/h3-10,12-14H,11H2,1-2H3,(H,23,25)/t13-,14-/m0/s1. The molecular formula is C22H20N2O4. The van der Waals surface area contributed by atoms with Gasteiger partial charge in [-0.25, -0.2) is 4.79 Å². The first kappa shape index (κ1) is 18.0. The maximum absolute atomic E-state index is 13.0. The Bertz CT molecular complexity index is 1130. The summed E-state index contributed by atoms with van der Waals surface area (Å²) in [6, 6.07) is 15.9. The van der Waals surface area contributed by atoms with Gasteiger partial charge in [-0.2, -0.15) is 0 Å². The molecule has 28 heavy (non-hydrogen) atoms. The summed E-state index contributed by atoms with van der Waals surface area (Å²) < 4.78 is 5.45. The van der Waals surface area contributed by atoms with Crippen molar-refractivity contribution in [2.75, 3.05) is 4.90 Å². The fraction of sp³-hybridized carbons (Fsp3) is 0.227. The predicted molar refractivity (Wildman–Crippen MR) is 107 cm³/mol. The van der Waals surface area contributed by atoms with Crippen molar-refractivity contribution in [3.63, 3.8) is 0 Å². The van der Waals surface area contributed by atoms with Crippen LogP contribution >= 0.6 is 0 Å². The zero-order chi connectivity index (χ0) is 19.8. The maximum Gasteiger partial charge on any atom is 0.339 e. The maximum atomic E-state index is 13.0. The van der Waals surface area contributed by atoms with Crippen LogP contribution in [0.4, 0.5) is 5.69 Å². The lowest BCUT2D eigenvalue weighted by atomic mass is 10.1. The van der Waals surface area contributed by atoms with E-state index in [-0.39, 0.29) is 17.5 Å². The Hall–Kier alpha value is -3.41. The molecule has 0 unspecified atom stereocenters. The summed E-state index contributed by atoms with van der Waals surface area (Å²) >= 11 is 0. The molecule has 0 spiro atoms. The molecule has 3 aromatic rings. The van der Waals surface area contributed by atoms with Crippen molar-refractivity contribution in [1.29, 1.82) is 0 Å². The van der Waals surface area contributed by atoms with E-state index in [9.17, 15) is 14.4 Å². The summed E-state index contributed by atoms with van der Waals surface area (Å²) in [4.78, 5) is 42.0. The average Bonchev–Trinajstić information content (AvgIpc) is 3.02. The van der Waals surface area contributed by atoms with Crippen LogP contribution < -0.4 is 10.5 Å². The van der Waals surface area contributed by atoms with Crippen LogP contribution in [-0.2, 0) is 16.0 Å². The fourth-order valence-corrected chi connectivity index (χ4v) is 3.75. The van der Waals surface area contributed by atoms with E-state index >= 15 is 0 Å². The smallest absolute Gasteiger partial charge is 0.339 e. The van der Waals surface area contributed by atoms with E-state index < -0.39 is 17.6 Å². The number of ether oxygens (including phenoxy) is 1. The minimum atomic E-state index is -0.973. The van der Waals surface area contributed by atoms with Crippen molar-refractivity contribution in [2.24, 2.45) is 0 Å². The number of anilines is 1. The van der Waals surface area contributed by atoms with Crippen LogP contribution in [0.15, 0.2) is 59.4 Å². The monoisotopic (exact) mass is 376 g/mol. The first-order valence-electron chi connectivity index (χ1n) is 9.19. The van der Waals surface area contributed by atoms with E-state index in [0.717, 1.165) is 17.7 Å². The number of fused-ring (bicyclic) bond motifs is 2. The molecule has 4 rings (SSSR count). The third-order valence-electron chi connectivity index (χ3n) is 5.05. The highest BCUT2D eigenvalue weighted by Gasteiger charge is 2.34. The fourth-order valence-electron chi connectivity index (χ4n) is 3.75. The molecule has 1 amide bonds. The summed E-state index contributed by atoms with van der Waals surface area (Å²) in [5, 5.41) is 0.576. The number of benzene rings is 2. The lowest BCUT2D eigenvalue weighted by Gasteiger charge is -2.26. The van der Waals surface area contributed by atoms with E-state index in [4.69, 9.17) is 4.74 Å². The second-order valence-corrected chi connectivity index (χ2v) is 7.03. The van der Waals surface area contributed by atoms with Gasteiger partial charge in [0.1, 0.15) is 0 Å². The van der Waals surface area contributed by atoms with Crippen molar-refractivity contribution in [3.8, 4) is 0 Å². The van der Waals surface area contributed by atoms with Gasteiger partial charge in [0.25, 0.3) is 5.91 Å². The van der Waals surface area contributed by atoms with Crippen LogP contribution in [0.1, 0.15) is 29.8 Å². The first-order chi connectivity index (χ1) is 13.5. The zero-order valence-electron chi connectivity index (χ0n) is 15.6. The van der Waals surface area contributed by atoms with Gasteiger partial charge in [0.05, 0.1) is 5.56 Å². The number of nitrogens with one attached hydrogen (secondary N) is 1. The molecular weight excluding hydrogens is 356 g/mol. The second kappa shape index (κ2) is 6.96. The molecule has 2 aromatic carbocycles. The Morgan fingerprint density at radius 2 is 1.86 bits per heavy atom. The number of aromatic amines is 1. The second-order valence-electron chi connectivity index (χ2n) is 7.03. The highest BCUT2D eigenvalue weighted by molar-refractivity contribution is 6.05. The Morgan fingerprint density at radius 1 is 1.14 bits per heavy atom. The zero-order valence-corrected chi connectivity index (χ0v) is 15.6. The normalized spacial score (nSPS) is 16.6. The van der Waals surface area contributed by atoms with E-state index in [0.29, 0.717) is 10.9 Å². The molecule has 2 heterocycles. The summed E-state index contributed by atoms with van der Waals surface area (Å²) in [5.74, 6) is -0.969. The number of H-pyrrole nitrogens is 1. The summed E-state index contributed by atoms with van der Waals surface area (Å²) in [6.45, 7) is 3.53. The number of aromatic nitrogens is 1. The van der Waals surface area contributed by atoms with Gasteiger partial charge in [-0.05, 0) is 38.0 Å². The van der Waals surface area contributed by atoms with Crippen LogP contribution in [0, 0.1) is 0 Å². The SMILES string of the molecule is C[C@H](OC(=O)c1cc(=O)[nH]c2ccccc12)C(=O)N1c2ccccc2C[C@@H]1C. The molecule has 0 aliphatic carbocycles. The predicted octanol–water partition coefficient (Wildman–Crippen LogP) is 3.05. The molecule has 1 aliphatic heterocycles. The topological polar surface area (TPSA) is 79.5 Å². The molecule has 1 aromatic heterocycles. The molecule has 0 saturated heterocycles. The van der Waals surface area contributed by atoms with Gasteiger partial charge in [-0.3, -0.25) is 9.59 Å². The Morgan fingerprint density at radius 3 is 2.68 bits per heavy atom. The van der Waals surface area contributed by atoms with Crippen LogP contribution in [0.2, 0.25) is 0 Å². The third-order valence-corrected chi connectivity index (χ3v) is 5.05. The Labute approximate surface area is 161 Å². The number of carbonyl (C=O) groups is 2. The van der Waals surface area contributed by atoms with Crippen molar-refractivity contribution < 1.29 is 14.3 Å². The quantitative estimate of drug-likeness (QED) is 0.713. The van der Waals surface area contributed by atoms with Gasteiger partial charge >= 0.3 is 5.97 Å². The van der Waals surface area contributed by atoms with Crippen molar-refractivity contribution in [3.05, 3.63) is 76.1 Å². The average molecular weight is 376 g/mol. The summed E-state index contributed by atoms with van der Waals surface area (Å²) in [5.41, 5.74) is 2.25. The van der Waals surface area contributed by atoms with E-state index in [1.165, 1.54) is 6.07 Å². The number of esters is 1. The number of carbonyl (C=O) groups excluding carboxylic acids is 2. The summed E-state index contributed by atoms with van der Waals surface area (Å²) in [7, 11) is 0. The van der Waals surface area contributed by atoms with Gasteiger partial charge in [0.15, 0.2) is 6.10 Å². The first-order valence-corrected chi connectivity index (χ1v) is 9.19. The number of rotatable bonds is 3. The molecule has 2 atom stereocenters. The van der Waals surface area contributed by atoms with Crippen molar-refractivity contribution in [1.82, 2.24) is 4.98 Å². The minimum absolute atomic E-state index is 0.00791. The highest BCUT2D eigenvalue weighted by Crippen LogP contribution is 2.32. The Balaban J connectivity index is 1.59. The molecule has 0 radical (unpaired) electrons. The number of nitrogens with zero attached hydrogens (tertiary/aromatic N) is 1. The Kier molecular flexibility index (Phi) is 4.47. The molecule has 6 heteroatoms. The van der Waals surface area contributed by atoms with Gasteiger partial charge in [-0.15, -0.1) is 0 Å². The molecule has 0 fully saturated rings. The van der Waals surface area contributed by atoms with Crippen LogP contribution in [0.3, 0.4) is 0 Å². The van der Waals surface area contributed by atoms with Gasteiger partial charge in [-0.1, -0.05) is 36.4 Å². The lowest BCUT2D eigenvalue weighted by molar-refractivity contribution is -0.126. The van der Waals surface area contributed by atoms with Gasteiger partial charge in [0.2, 0.25) is 5.56 Å². The van der Waals surface area contributed by atoms with Crippen LogP contribution in [0.5, 0.6) is 0 Å². The minimum Gasteiger partial charge on any atom is -0.449 e. The molecule has 1 N–H and O–H groups in total. The molecule has 0 saturated carbocycles. The van der Waals surface area contributed by atoms with Gasteiger partial charge in [0, 0.05) is 28.7 Å². The highest BCUT2D eigenvalue weighted by atomic mass is 16.5. The van der Waals surface area contributed by atoms with Crippen molar-refractivity contribution in [2.45, 2.75) is 32.4 Å². The molecule has 142 valence electrons. The molecule has 6 nitrogen and oxygen atoms in total. The number of hydrogen-bond donors (Lipinski definition) is 1. The van der Waals surface area contributed by atoms with Crippen LogP contribution in [-0.4, -0.2) is 29.0 Å². The van der Waals surface area contributed by atoms with E-state index in [1.54, 1.807) is 36.1 Å². The third kappa shape index (κ3) is 3.07. The number of pyridine rings is 1.